The number of hydrogen-bond acceptors (Lipinski definition) is 6. The molecule has 0 aromatic heterocycles. The molecule has 12 heavy (non-hydrogen) atoms. The van der Waals surface area contributed by atoms with Crippen molar-refractivity contribution >= 4 is 19.8 Å². The molecular formula is C4H5O7P. The molecule has 0 aromatic rings. The summed E-state index contributed by atoms with van der Waals surface area (Å²) in [5.74, 6) is -2.49. The van der Waals surface area contributed by atoms with Gasteiger partial charge in [-0.3, -0.25) is 9.69 Å². The van der Waals surface area contributed by atoms with E-state index in [0.717, 1.165) is 0 Å². The van der Waals surface area contributed by atoms with E-state index in [2.05, 4.69) is 9.05 Å². The van der Waals surface area contributed by atoms with Crippen molar-refractivity contribution in [1.29, 1.82) is 0 Å². The molecule has 1 heterocycles. The lowest BCUT2D eigenvalue weighted by Crippen LogP contribution is -2.21. The van der Waals surface area contributed by atoms with Crippen LogP contribution >= 0.6 is 7.82 Å². The molecule has 1 fully saturated rings. The highest BCUT2D eigenvalue weighted by atomic mass is 31.2. The highest BCUT2D eigenvalue weighted by Crippen LogP contribution is 2.45. The van der Waals surface area contributed by atoms with E-state index >= 15 is 0 Å². The Hall–Kier alpha value is -0.910. The van der Waals surface area contributed by atoms with Crippen molar-refractivity contribution in [3.8, 4) is 0 Å². The Morgan fingerprint density at radius 1 is 1.42 bits per heavy atom. The normalized spacial score (nSPS) is 36.7. The van der Waals surface area contributed by atoms with Crippen LogP contribution in [0.2, 0.25) is 0 Å². The highest BCUT2D eigenvalue weighted by molar-refractivity contribution is 7.48. The summed E-state index contributed by atoms with van der Waals surface area (Å²) in [6.45, 7) is 0. The van der Waals surface area contributed by atoms with Crippen molar-refractivity contribution in [2.75, 3.05) is 0 Å². The lowest BCUT2D eigenvalue weighted by Gasteiger charge is -2.05. The van der Waals surface area contributed by atoms with E-state index in [1.54, 1.807) is 0 Å². The van der Waals surface area contributed by atoms with Gasteiger partial charge in [-0.2, -0.15) is 0 Å². The summed E-state index contributed by atoms with van der Waals surface area (Å²) < 4.78 is 18.1. The number of aliphatic hydroxyl groups is 1. The molecule has 0 bridgehead atoms. The van der Waals surface area contributed by atoms with Crippen LogP contribution in [0.1, 0.15) is 6.42 Å². The second-order valence-electron chi connectivity index (χ2n) is 2.06. The van der Waals surface area contributed by atoms with Gasteiger partial charge in [0.25, 0.3) is 0 Å². The molecular weight excluding hydrogens is 191 g/mol. The SMILES string of the molecule is O=C1CC(O)C(=O)OP(=O)(O)O1. The first-order valence-corrected chi connectivity index (χ1v) is 4.37. The van der Waals surface area contributed by atoms with E-state index in [0.29, 0.717) is 0 Å². The summed E-state index contributed by atoms with van der Waals surface area (Å²) in [7, 11) is -4.64. The molecule has 0 aliphatic carbocycles. The Morgan fingerprint density at radius 2 is 2.00 bits per heavy atom. The molecule has 1 aliphatic rings. The molecule has 2 unspecified atom stereocenters. The minimum atomic E-state index is -4.64. The second-order valence-corrected chi connectivity index (χ2v) is 3.36. The lowest BCUT2D eigenvalue weighted by molar-refractivity contribution is -0.145. The third-order valence-corrected chi connectivity index (χ3v) is 1.90. The summed E-state index contributed by atoms with van der Waals surface area (Å²) in [6.07, 6.45) is -2.41. The van der Waals surface area contributed by atoms with Gasteiger partial charge in [0.05, 0.1) is 6.42 Å². The van der Waals surface area contributed by atoms with Crippen LogP contribution in [0.3, 0.4) is 0 Å². The van der Waals surface area contributed by atoms with Crippen molar-refractivity contribution < 1.29 is 33.2 Å². The van der Waals surface area contributed by atoms with Gasteiger partial charge in [0.1, 0.15) is 0 Å². The molecule has 68 valence electrons. The number of rotatable bonds is 0. The molecule has 0 aromatic carbocycles. The molecule has 2 N–H and O–H groups in total. The molecule has 2 atom stereocenters. The molecule has 0 amide bonds. The number of aliphatic hydroxyl groups excluding tert-OH is 1. The van der Waals surface area contributed by atoms with E-state index in [1.165, 1.54) is 0 Å². The zero-order chi connectivity index (χ0) is 9.35. The van der Waals surface area contributed by atoms with Crippen molar-refractivity contribution in [2.45, 2.75) is 12.5 Å². The van der Waals surface area contributed by atoms with Crippen LogP contribution < -0.4 is 0 Å². The Balaban J connectivity index is 2.87. The number of carbonyl (C=O) groups excluding carboxylic acids is 2. The average Bonchev–Trinajstić information content (AvgIpc) is 1.89. The van der Waals surface area contributed by atoms with Gasteiger partial charge in [0, 0.05) is 0 Å². The number of hydrogen-bond donors (Lipinski definition) is 2. The molecule has 0 radical (unpaired) electrons. The van der Waals surface area contributed by atoms with Crippen LogP contribution in [0.25, 0.3) is 0 Å². The molecule has 7 nitrogen and oxygen atoms in total. The van der Waals surface area contributed by atoms with Crippen LogP contribution in [0.4, 0.5) is 0 Å². The summed E-state index contributed by atoms with van der Waals surface area (Å²) in [5, 5.41) is 8.75. The third kappa shape index (κ3) is 2.04. The maximum absolute atomic E-state index is 10.6. The third-order valence-electron chi connectivity index (χ3n) is 1.05. The monoisotopic (exact) mass is 196 g/mol. The predicted octanol–water partition coefficient (Wildman–Crippen LogP) is -1.06. The molecule has 0 spiro atoms. The van der Waals surface area contributed by atoms with Crippen LogP contribution in [0.5, 0.6) is 0 Å². The predicted molar refractivity (Wildman–Crippen MR) is 32.6 cm³/mol. The van der Waals surface area contributed by atoms with E-state index in [9.17, 15) is 14.2 Å². The second kappa shape index (κ2) is 2.85. The Kier molecular flexibility index (Phi) is 2.18. The average molecular weight is 196 g/mol. The van der Waals surface area contributed by atoms with Gasteiger partial charge in [0.15, 0.2) is 6.10 Å². The summed E-state index contributed by atoms with van der Waals surface area (Å²) in [4.78, 5) is 29.6. The molecule has 0 saturated carbocycles. The van der Waals surface area contributed by atoms with E-state index < -0.39 is 32.3 Å². The minimum Gasteiger partial charge on any atom is -0.381 e. The van der Waals surface area contributed by atoms with Crippen LogP contribution in [0.15, 0.2) is 0 Å². The van der Waals surface area contributed by atoms with E-state index in [-0.39, 0.29) is 0 Å². The van der Waals surface area contributed by atoms with E-state index in [4.69, 9.17) is 10.00 Å². The first kappa shape index (κ1) is 9.18. The summed E-state index contributed by atoms with van der Waals surface area (Å²) in [6, 6.07) is 0. The fourth-order valence-electron chi connectivity index (χ4n) is 0.600. The van der Waals surface area contributed by atoms with Gasteiger partial charge in [-0.25, -0.2) is 9.36 Å². The quantitative estimate of drug-likeness (QED) is 0.475. The van der Waals surface area contributed by atoms with Crippen LogP contribution in [0, 0.1) is 0 Å². The number of phosphoric ester groups is 1. The summed E-state index contributed by atoms with van der Waals surface area (Å²) in [5.41, 5.74) is 0. The number of phosphoric acid groups is 1. The van der Waals surface area contributed by atoms with Gasteiger partial charge in [-0.1, -0.05) is 0 Å². The minimum absolute atomic E-state index is 0.677. The highest BCUT2D eigenvalue weighted by Gasteiger charge is 2.39. The van der Waals surface area contributed by atoms with Crippen molar-refractivity contribution in [1.82, 2.24) is 0 Å². The molecule has 1 rings (SSSR count). The number of carbonyl (C=O) groups is 2. The van der Waals surface area contributed by atoms with Gasteiger partial charge < -0.3 is 14.2 Å². The standard InChI is InChI=1S/C4H5O7P/c5-2-1-3(6)10-12(8,9)11-4(2)7/h2,5H,1H2,(H,8,9). The fourth-order valence-corrected chi connectivity index (χ4v) is 1.32. The summed E-state index contributed by atoms with van der Waals surface area (Å²) >= 11 is 0. The van der Waals surface area contributed by atoms with Crippen molar-refractivity contribution in [3.05, 3.63) is 0 Å². The molecule has 8 heteroatoms. The lowest BCUT2D eigenvalue weighted by atomic mass is 10.3. The first-order chi connectivity index (χ1) is 5.41. The van der Waals surface area contributed by atoms with Crippen LogP contribution in [-0.4, -0.2) is 28.0 Å². The maximum atomic E-state index is 10.6. The molecule has 1 saturated heterocycles. The zero-order valence-corrected chi connectivity index (χ0v) is 6.56. The smallest absolute Gasteiger partial charge is 0.381 e. The van der Waals surface area contributed by atoms with Crippen molar-refractivity contribution in [3.63, 3.8) is 0 Å². The van der Waals surface area contributed by atoms with Crippen molar-refractivity contribution in [2.24, 2.45) is 0 Å². The zero-order valence-electron chi connectivity index (χ0n) is 5.67. The van der Waals surface area contributed by atoms with E-state index in [1.807, 2.05) is 0 Å². The van der Waals surface area contributed by atoms with Crippen LogP contribution in [-0.2, 0) is 23.2 Å². The topological polar surface area (TPSA) is 110 Å². The van der Waals surface area contributed by atoms with Gasteiger partial charge in [-0.15, -0.1) is 0 Å². The van der Waals surface area contributed by atoms with Gasteiger partial charge >= 0.3 is 19.8 Å². The maximum Gasteiger partial charge on any atom is 0.589 e. The molecule has 1 aliphatic heterocycles. The van der Waals surface area contributed by atoms with Gasteiger partial charge in [0.2, 0.25) is 0 Å². The Labute approximate surface area is 66.5 Å². The van der Waals surface area contributed by atoms with Gasteiger partial charge in [-0.05, 0) is 0 Å². The Bertz CT molecular complexity index is 271. The largest absolute Gasteiger partial charge is 0.589 e. The Morgan fingerprint density at radius 3 is 2.58 bits per heavy atom. The first-order valence-electron chi connectivity index (χ1n) is 2.87. The fraction of sp³-hybridized carbons (Fsp3) is 0.500.